The minimum Gasteiger partial charge on any atom is -0.314 e. The van der Waals surface area contributed by atoms with Crippen molar-refractivity contribution in [3.05, 3.63) is 30.0 Å². The molecule has 0 aliphatic heterocycles. The third-order valence-electron chi connectivity index (χ3n) is 4.83. The molecule has 0 amide bonds. The molecule has 3 nitrogen and oxygen atoms in total. The van der Waals surface area contributed by atoms with Crippen LogP contribution in [0.4, 0.5) is 0 Å². The molecule has 2 unspecified atom stereocenters. The van der Waals surface area contributed by atoms with E-state index >= 15 is 0 Å². The number of hydrogen-bond acceptors (Lipinski definition) is 2. The van der Waals surface area contributed by atoms with Crippen LogP contribution in [0, 0.1) is 11.8 Å². The Hall–Kier alpha value is -1.35. The van der Waals surface area contributed by atoms with Crippen LogP contribution in [0.25, 0.3) is 10.9 Å². The van der Waals surface area contributed by atoms with E-state index in [4.69, 9.17) is 5.10 Å². The van der Waals surface area contributed by atoms with E-state index in [9.17, 15) is 0 Å². The first-order valence-electron chi connectivity index (χ1n) is 8.36. The maximum Gasteiger partial charge on any atom is 0.0706 e. The lowest BCUT2D eigenvalue weighted by Gasteiger charge is -2.19. The first-order chi connectivity index (χ1) is 10.2. The molecular weight excluding hydrogens is 258 g/mol. The van der Waals surface area contributed by atoms with Crippen molar-refractivity contribution in [2.24, 2.45) is 11.8 Å². The van der Waals surface area contributed by atoms with Gasteiger partial charge in [-0.1, -0.05) is 32.0 Å². The van der Waals surface area contributed by atoms with Gasteiger partial charge in [0.15, 0.2) is 0 Å². The largest absolute Gasteiger partial charge is 0.314 e. The summed E-state index contributed by atoms with van der Waals surface area (Å²) in [5.74, 6) is 1.34. The van der Waals surface area contributed by atoms with Crippen LogP contribution in [-0.4, -0.2) is 22.4 Å². The van der Waals surface area contributed by atoms with Gasteiger partial charge >= 0.3 is 0 Å². The maximum atomic E-state index is 4.83. The highest BCUT2D eigenvalue weighted by atomic mass is 15.3. The topological polar surface area (TPSA) is 29.9 Å². The summed E-state index contributed by atoms with van der Waals surface area (Å²) in [7, 11) is 0. The summed E-state index contributed by atoms with van der Waals surface area (Å²) in [5, 5.41) is 9.81. The van der Waals surface area contributed by atoms with E-state index in [1.165, 1.54) is 29.4 Å². The Morgan fingerprint density at radius 2 is 2.00 bits per heavy atom. The van der Waals surface area contributed by atoms with Crippen LogP contribution >= 0.6 is 0 Å². The number of nitrogens with zero attached hydrogens (tertiary/aromatic N) is 2. The SMILES string of the molecule is CCn1nc(CC(C)C(C)CNC2CC2)c2ccccc21. The van der Waals surface area contributed by atoms with Gasteiger partial charge in [-0.2, -0.15) is 5.10 Å². The van der Waals surface area contributed by atoms with E-state index in [1.807, 2.05) is 0 Å². The second kappa shape index (κ2) is 6.18. The van der Waals surface area contributed by atoms with Gasteiger partial charge in [0, 0.05) is 18.0 Å². The summed E-state index contributed by atoms with van der Waals surface area (Å²) in [5.41, 5.74) is 2.53. The normalized spacial score (nSPS) is 18.0. The van der Waals surface area contributed by atoms with Crippen molar-refractivity contribution in [1.82, 2.24) is 15.1 Å². The lowest BCUT2D eigenvalue weighted by atomic mass is 9.90. The van der Waals surface area contributed by atoms with E-state index in [0.717, 1.165) is 25.6 Å². The molecule has 2 atom stereocenters. The molecule has 1 fully saturated rings. The summed E-state index contributed by atoms with van der Waals surface area (Å²) >= 11 is 0. The molecule has 3 heteroatoms. The van der Waals surface area contributed by atoms with Gasteiger partial charge in [-0.25, -0.2) is 0 Å². The van der Waals surface area contributed by atoms with E-state index in [0.29, 0.717) is 11.8 Å². The molecule has 21 heavy (non-hydrogen) atoms. The van der Waals surface area contributed by atoms with Crippen molar-refractivity contribution < 1.29 is 0 Å². The van der Waals surface area contributed by atoms with Crippen molar-refractivity contribution in [3.63, 3.8) is 0 Å². The van der Waals surface area contributed by atoms with Crippen LogP contribution in [0.15, 0.2) is 24.3 Å². The Morgan fingerprint density at radius 3 is 2.71 bits per heavy atom. The monoisotopic (exact) mass is 285 g/mol. The first kappa shape index (κ1) is 14.6. The number of aryl methyl sites for hydroxylation is 1. The quantitative estimate of drug-likeness (QED) is 0.842. The van der Waals surface area contributed by atoms with Gasteiger partial charge in [-0.15, -0.1) is 0 Å². The van der Waals surface area contributed by atoms with E-state index in [-0.39, 0.29) is 0 Å². The van der Waals surface area contributed by atoms with Gasteiger partial charge in [-0.3, -0.25) is 4.68 Å². The highest BCUT2D eigenvalue weighted by Gasteiger charge is 2.23. The van der Waals surface area contributed by atoms with Crippen molar-refractivity contribution in [3.8, 4) is 0 Å². The van der Waals surface area contributed by atoms with Gasteiger partial charge in [-0.05, 0) is 50.6 Å². The molecule has 0 bridgehead atoms. The molecule has 0 spiro atoms. The third-order valence-corrected chi connectivity index (χ3v) is 4.83. The average molecular weight is 285 g/mol. The minimum absolute atomic E-state index is 0.653. The highest BCUT2D eigenvalue weighted by molar-refractivity contribution is 5.81. The zero-order chi connectivity index (χ0) is 14.8. The van der Waals surface area contributed by atoms with E-state index < -0.39 is 0 Å². The fourth-order valence-electron chi connectivity index (χ4n) is 2.94. The van der Waals surface area contributed by atoms with Crippen LogP contribution in [0.2, 0.25) is 0 Å². The lowest BCUT2D eigenvalue weighted by Crippen LogP contribution is -2.27. The fourth-order valence-corrected chi connectivity index (χ4v) is 2.94. The molecular formula is C18H27N3. The summed E-state index contributed by atoms with van der Waals surface area (Å²) in [6.07, 6.45) is 3.81. The number of para-hydroxylation sites is 1. The van der Waals surface area contributed by atoms with Crippen molar-refractivity contribution in [2.45, 2.75) is 52.6 Å². The lowest BCUT2D eigenvalue weighted by molar-refractivity contribution is 0.361. The van der Waals surface area contributed by atoms with Gasteiger partial charge in [0.25, 0.3) is 0 Å². The molecule has 1 aliphatic rings. The molecule has 3 rings (SSSR count). The molecule has 1 N–H and O–H groups in total. The van der Waals surface area contributed by atoms with Crippen LogP contribution < -0.4 is 5.32 Å². The van der Waals surface area contributed by atoms with E-state index in [2.05, 4.69) is 55.0 Å². The van der Waals surface area contributed by atoms with Gasteiger partial charge in [0.1, 0.15) is 0 Å². The maximum absolute atomic E-state index is 4.83. The van der Waals surface area contributed by atoms with E-state index in [1.54, 1.807) is 0 Å². The Bertz CT molecular complexity index is 598. The van der Waals surface area contributed by atoms with Crippen molar-refractivity contribution in [1.29, 1.82) is 0 Å². The molecule has 0 saturated heterocycles. The number of fused-ring (bicyclic) bond motifs is 1. The number of rotatable bonds is 7. The number of aromatic nitrogens is 2. The number of nitrogens with one attached hydrogen (secondary N) is 1. The van der Waals surface area contributed by atoms with Crippen LogP contribution in [0.1, 0.15) is 39.3 Å². The molecule has 114 valence electrons. The third kappa shape index (κ3) is 3.29. The van der Waals surface area contributed by atoms with Crippen LogP contribution in [0.3, 0.4) is 0 Å². The Balaban J connectivity index is 1.71. The molecule has 2 aromatic rings. The Morgan fingerprint density at radius 1 is 1.24 bits per heavy atom. The molecule has 1 aliphatic carbocycles. The summed E-state index contributed by atoms with van der Waals surface area (Å²) in [6, 6.07) is 9.42. The second-order valence-electron chi connectivity index (χ2n) is 6.62. The van der Waals surface area contributed by atoms with Crippen LogP contribution in [0.5, 0.6) is 0 Å². The molecule has 1 aromatic carbocycles. The first-order valence-corrected chi connectivity index (χ1v) is 8.36. The van der Waals surface area contributed by atoms with Gasteiger partial charge in [0.2, 0.25) is 0 Å². The molecule has 1 heterocycles. The highest BCUT2D eigenvalue weighted by Crippen LogP contribution is 2.25. The zero-order valence-electron chi connectivity index (χ0n) is 13.5. The van der Waals surface area contributed by atoms with Gasteiger partial charge in [0.05, 0.1) is 11.2 Å². The summed E-state index contributed by atoms with van der Waals surface area (Å²) in [6.45, 7) is 8.96. The molecule has 1 saturated carbocycles. The van der Waals surface area contributed by atoms with Crippen LogP contribution in [-0.2, 0) is 13.0 Å². The number of hydrogen-bond donors (Lipinski definition) is 1. The van der Waals surface area contributed by atoms with Crippen molar-refractivity contribution in [2.75, 3.05) is 6.54 Å². The number of benzene rings is 1. The summed E-state index contributed by atoms with van der Waals surface area (Å²) in [4.78, 5) is 0. The Kier molecular flexibility index (Phi) is 4.29. The average Bonchev–Trinajstić information content (AvgIpc) is 3.27. The Labute approximate surface area is 127 Å². The smallest absolute Gasteiger partial charge is 0.0706 e. The van der Waals surface area contributed by atoms with Gasteiger partial charge < -0.3 is 5.32 Å². The fraction of sp³-hybridized carbons (Fsp3) is 0.611. The predicted octanol–water partition coefficient (Wildman–Crippen LogP) is 3.62. The summed E-state index contributed by atoms with van der Waals surface area (Å²) < 4.78 is 2.13. The standard InChI is InChI=1S/C18H27N3/c1-4-21-18-8-6-5-7-16(18)17(20-21)11-13(2)14(3)12-19-15-9-10-15/h5-8,13-15,19H,4,9-12H2,1-3H3. The predicted molar refractivity (Wildman–Crippen MR) is 88.5 cm³/mol. The molecule has 0 radical (unpaired) electrons. The van der Waals surface area contributed by atoms with Crippen molar-refractivity contribution >= 4 is 10.9 Å². The zero-order valence-corrected chi connectivity index (χ0v) is 13.5. The minimum atomic E-state index is 0.653. The molecule has 1 aromatic heterocycles. The second-order valence-corrected chi connectivity index (χ2v) is 6.62.